The molecular formula is C35H45N9O3. The Bertz CT molecular complexity index is 1790. The number of carbonyl (C=O) groups excluding carboxylic acids is 2. The number of pyridine rings is 1. The Morgan fingerprint density at radius 1 is 0.894 bits per heavy atom. The number of likely N-dealkylation sites (tertiary alicyclic amines) is 1. The zero-order valence-electron chi connectivity index (χ0n) is 28.3. The number of aromatic nitrogens is 5. The van der Waals surface area contributed by atoms with Gasteiger partial charge in [0.05, 0.1) is 17.9 Å². The number of carbonyl (C=O) groups is 2. The van der Waals surface area contributed by atoms with Crippen molar-refractivity contribution < 1.29 is 14.3 Å². The summed E-state index contributed by atoms with van der Waals surface area (Å²) in [6, 6.07) is 13.0. The Balaban J connectivity index is 1.17. The fourth-order valence-electron chi connectivity index (χ4n) is 6.25. The fourth-order valence-corrected chi connectivity index (χ4v) is 6.25. The van der Waals surface area contributed by atoms with Crippen LogP contribution in [-0.2, 0) is 10.8 Å². The minimum atomic E-state index is -0.403. The summed E-state index contributed by atoms with van der Waals surface area (Å²) >= 11 is 0. The minimum Gasteiger partial charge on any atom is -0.484 e. The van der Waals surface area contributed by atoms with Gasteiger partial charge in [-0.1, -0.05) is 65.8 Å². The number of likely N-dealkylation sites (N-methyl/N-ethyl adjacent to an activating group) is 1. The lowest BCUT2D eigenvalue weighted by Crippen LogP contribution is -2.38. The summed E-state index contributed by atoms with van der Waals surface area (Å²) in [5.74, 6) is 1.57. The lowest BCUT2D eigenvalue weighted by molar-refractivity contribution is 0.0927. The van der Waals surface area contributed by atoms with E-state index in [0.29, 0.717) is 18.5 Å². The zero-order valence-corrected chi connectivity index (χ0v) is 28.3. The van der Waals surface area contributed by atoms with Crippen molar-refractivity contribution in [3.05, 3.63) is 77.1 Å². The van der Waals surface area contributed by atoms with Crippen molar-refractivity contribution in [3.63, 3.8) is 0 Å². The maximum atomic E-state index is 13.4. The van der Waals surface area contributed by atoms with Crippen molar-refractivity contribution in [2.45, 2.75) is 89.8 Å². The largest absolute Gasteiger partial charge is 0.484 e. The summed E-state index contributed by atoms with van der Waals surface area (Å²) in [7, 11) is 2.03. The van der Waals surface area contributed by atoms with Crippen LogP contribution in [0.5, 0.6) is 5.75 Å². The second kappa shape index (κ2) is 12.6. The molecular weight excluding hydrogens is 594 g/mol. The van der Waals surface area contributed by atoms with Gasteiger partial charge in [0, 0.05) is 29.5 Å². The van der Waals surface area contributed by atoms with Crippen LogP contribution in [-0.4, -0.2) is 67.6 Å². The number of nitrogens with one attached hydrogen (secondary N) is 3. The number of urea groups is 1. The first-order chi connectivity index (χ1) is 22.2. The molecule has 0 radical (unpaired) electrons. The van der Waals surface area contributed by atoms with E-state index < -0.39 is 6.03 Å². The second-order valence-electron chi connectivity index (χ2n) is 14.8. The summed E-state index contributed by atoms with van der Waals surface area (Å²) in [4.78, 5) is 37.7. The highest BCUT2D eigenvalue weighted by atomic mass is 16.5. The molecule has 0 bridgehead atoms. The van der Waals surface area contributed by atoms with Crippen LogP contribution in [0.4, 0.5) is 10.6 Å². The predicted octanol–water partition coefficient (Wildman–Crippen LogP) is 5.32. The van der Waals surface area contributed by atoms with E-state index in [2.05, 4.69) is 67.9 Å². The smallest absolute Gasteiger partial charge is 0.320 e. The van der Waals surface area contributed by atoms with Gasteiger partial charge in [-0.05, 0) is 56.1 Å². The SMILES string of the molecule is CN1CCC(NC(=O)c2nc(NC(=O)N[C@H]3CC[C@@H](Oc4ccc5nnc(C(C)(C)C)n5c4)c4ccccc43)cc(C(C)(C)C)n2)C1. The molecule has 4 aromatic rings. The molecule has 4 heterocycles. The van der Waals surface area contributed by atoms with Crippen molar-refractivity contribution >= 4 is 23.4 Å². The third-order valence-corrected chi connectivity index (χ3v) is 8.73. The van der Waals surface area contributed by atoms with E-state index in [0.717, 1.165) is 47.9 Å². The van der Waals surface area contributed by atoms with Crippen molar-refractivity contribution in [1.29, 1.82) is 0 Å². The normalized spacial score (nSPS) is 20.1. The molecule has 3 amide bonds. The van der Waals surface area contributed by atoms with Gasteiger partial charge in [-0.25, -0.2) is 14.8 Å². The van der Waals surface area contributed by atoms with E-state index in [4.69, 9.17) is 4.74 Å². The van der Waals surface area contributed by atoms with E-state index in [1.807, 2.05) is 68.7 Å². The molecule has 248 valence electrons. The number of hydrogen-bond acceptors (Lipinski definition) is 8. The van der Waals surface area contributed by atoms with Gasteiger partial charge in [0.1, 0.15) is 23.5 Å². The molecule has 12 heteroatoms. The first kappa shape index (κ1) is 32.4. The van der Waals surface area contributed by atoms with Gasteiger partial charge >= 0.3 is 6.03 Å². The van der Waals surface area contributed by atoms with Crippen LogP contribution in [0.2, 0.25) is 0 Å². The van der Waals surface area contributed by atoms with Crippen molar-refractivity contribution in [2.75, 3.05) is 25.5 Å². The Labute approximate surface area is 275 Å². The lowest BCUT2D eigenvalue weighted by Gasteiger charge is -2.32. The van der Waals surface area contributed by atoms with Crippen LogP contribution < -0.4 is 20.7 Å². The zero-order chi connectivity index (χ0) is 33.5. The lowest BCUT2D eigenvalue weighted by atomic mass is 9.85. The maximum absolute atomic E-state index is 13.4. The highest BCUT2D eigenvalue weighted by molar-refractivity contribution is 5.93. The van der Waals surface area contributed by atoms with Crippen LogP contribution in [0.15, 0.2) is 48.7 Å². The molecule has 3 atom stereocenters. The van der Waals surface area contributed by atoms with Crippen molar-refractivity contribution in [3.8, 4) is 5.75 Å². The third kappa shape index (κ3) is 7.22. The number of rotatable bonds is 6. The average Bonchev–Trinajstić information content (AvgIpc) is 3.63. The maximum Gasteiger partial charge on any atom is 0.320 e. The van der Waals surface area contributed by atoms with Crippen LogP contribution in [0, 0.1) is 0 Å². The van der Waals surface area contributed by atoms with Crippen molar-refractivity contribution in [1.82, 2.24) is 40.1 Å². The van der Waals surface area contributed by atoms with Gasteiger partial charge in [0.15, 0.2) is 5.65 Å². The van der Waals surface area contributed by atoms with Gasteiger partial charge < -0.3 is 20.3 Å². The molecule has 47 heavy (non-hydrogen) atoms. The minimum absolute atomic E-state index is 0.0417. The number of hydrogen-bond donors (Lipinski definition) is 3. The predicted molar refractivity (Wildman–Crippen MR) is 180 cm³/mol. The highest BCUT2D eigenvalue weighted by Crippen LogP contribution is 2.39. The van der Waals surface area contributed by atoms with Crippen LogP contribution >= 0.6 is 0 Å². The molecule has 1 aromatic carbocycles. The molecule has 6 rings (SSSR count). The number of nitrogens with zero attached hydrogens (tertiary/aromatic N) is 6. The Morgan fingerprint density at radius 2 is 1.66 bits per heavy atom. The molecule has 1 fully saturated rings. The first-order valence-corrected chi connectivity index (χ1v) is 16.3. The van der Waals surface area contributed by atoms with Crippen LogP contribution in [0.1, 0.15) is 106 Å². The summed E-state index contributed by atoms with van der Waals surface area (Å²) in [6.07, 6.45) is 4.02. The van der Waals surface area contributed by atoms with E-state index >= 15 is 0 Å². The summed E-state index contributed by atoms with van der Waals surface area (Å²) in [5, 5.41) is 17.8. The summed E-state index contributed by atoms with van der Waals surface area (Å²) in [6.45, 7) is 14.1. The highest BCUT2D eigenvalue weighted by Gasteiger charge is 2.31. The molecule has 3 aromatic heterocycles. The van der Waals surface area contributed by atoms with Gasteiger partial charge in [0.2, 0.25) is 5.82 Å². The first-order valence-electron chi connectivity index (χ1n) is 16.3. The topological polar surface area (TPSA) is 139 Å². The second-order valence-corrected chi connectivity index (χ2v) is 14.8. The standard InChI is InChI=1S/C35H45N9O3/c1-34(2,3)27-18-28(39-30(38-27)31(45)36-21-16-17-43(7)19-21)40-33(46)37-25-13-14-26(24-11-9-8-10-23(24)25)47-22-12-15-29-41-42-32(35(4,5)6)44(29)20-22/h8-12,15,18,20-21,25-26H,13-14,16-17,19H2,1-7H3,(H,36,45)(H2,37,38,39,40,46)/t21?,25-,26+/m0/s1. The Morgan fingerprint density at radius 3 is 2.36 bits per heavy atom. The van der Waals surface area contributed by atoms with Gasteiger partial charge in [0.25, 0.3) is 5.91 Å². The number of ether oxygens (including phenoxy) is 1. The molecule has 1 aliphatic heterocycles. The van der Waals surface area contributed by atoms with Crippen molar-refractivity contribution in [2.24, 2.45) is 0 Å². The van der Waals surface area contributed by atoms with Gasteiger partial charge in [-0.2, -0.15) is 0 Å². The Kier molecular flexibility index (Phi) is 8.64. The number of benzene rings is 1. The van der Waals surface area contributed by atoms with Crippen LogP contribution in [0.3, 0.4) is 0 Å². The summed E-state index contributed by atoms with van der Waals surface area (Å²) in [5.41, 5.74) is 2.93. The fraction of sp³-hybridized carbons (Fsp3) is 0.486. The van der Waals surface area contributed by atoms with E-state index in [1.165, 1.54) is 0 Å². The quantitative estimate of drug-likeness (QED) is 0.258. The number of amides is 3. The Hall–Kier alpha value is -4.58. The molecule has 1 unspecified atom stereocenters. The van der Waals surface area contributed by atoms with E-state index in [9.17, 15) is 9.59 Å². The molecule has 0 saturated carbocycles. The van der Waals surface area contributed by atoms with Gasteiger partial charge in [-0.3, -0.25) is 14.5 Å². The summed E-state index contributed by atoms with van der Waals surface area (Å²) < 4.78 is 8.53. The molecule has 12 nitrogen and oxygen atoms in total. The molecule has 0 spiro atoms. The average molecular weight is 640 g/mol. The molecule has 1 aliphatic carbocycles. The van der Waals surface area contributed by atoms with E-state index in [1.54, 1.807) is 6.07 Å². The monoisotopic (exact) mass is 639 g/mol. The number of fused-ring (bicyclic) bond motifs is 2. The van der Waals surface area contributed by atoms with Crippen LogP contribution in [0.25, 0.3) is 5.65 Å². The molecule has 3 N–H and O–H groups in total. The third-order valence-electron chi connectivity index (χ3n) is 8.73. The molecule has 1 saturated heterocycles. The number of anilines is 1. The molecule has 2 aliphatic rings. The van der Waals surface area contributed by atoms with Gasteiger partial charge in [-0.15, -0.1) is 10.2 Å². The van der Waals surface area contributed by atoms with E-state index in [-0.39, 0.29) is 46.6 Å².